The molecule has 0 spiro atoms. The monoisotopic (exact) mass is 462 g/mol. The highest BCUT2D eigenvalue weighted by Crippen LogP contribution is 2.42. The van der Waals surface area contributed by atoms with Crippen molar-refractivity contribution in [2.24, 2.45) is 22.7 Å². The molecule has 2 aliphatic rings. The van der Waals surface area contributed by atoms with Crippen LogP contribution in [0, 0.1) is 23.6 Å². The van der Waals surface area contributed by atoms with E-state index in [0.717, 1.165) is 48.1 Å². The van der Waals surface area contributed by atoms with Crippen LogP contribution in [0.3, 0.4) is 0 Å². The van der Waals surface area contributed by atoms with E-state index >= 15 is 0 Å². The van der Waals surface area contributed by atoms with E-state index in [1.807, 2.05) is 44.2 Å². The Bertz CT molecular complexity index is 1090. The molecule has 34 heavy (non-hydrogen) atoms. The van der Waals surface area contributed by atoms with Crippen molar-refractivity contribution < 1.29 is 18.7 Å². The molecule has 0 bridgehead atoms. The number of amides is 2. The standard InChI is InChI=1S/C28H31FN2O3/c1-4-30-25-15-14-23(29)16-24(25)18(2)20-10-12-21(13-11-20)19(3)27(32)31-26(17-34-28(31)33)22-8-6-5-7-9-22/h4-9,14-16,19-21,26H,2,10-13,17H2,1,3H3/b30-4-/t19-,20-,21+,26+/m1/s1. The second-order valence-corrected chi connectivity index (χ2v) is 9.19. The minimum absolute atomic E-state index is 0.169. The summed E-state index contributed by atoms with van der Waals surface area (Å²) in [6, 6.07) is 13.7. The molecule has 2 amide bonds. The predicted molar refractivity (Wildman–Crippen MR) is 131 cm³/mol. The van der Waals surface area contributed by atoms with Gasteiger partial charge in [-0.25, -0.2) is 14.1 Å². The van der Waals surface area contributed by atoms with Crippen molar-refractivity contribution in [1.82, 2.24) is 4.90 Å². The van der Waals surface area contributed by atoms with Crippen molar-refractivity contribution in [3.8, 4) is 0 Å². The van der Waals surface area contributed by atoms with E-state index in [2.05, 4.69) is 11.6 Å². The number of imide groups is 1. The van der Waals surface area contributed by atoms with Gasteiger partial charge >= 0.3 is 6.09 Å². The summed E-state index contributed by atoms with van der Waals surface area (Å²) in [5.41, 5.74) is 3.26. The fourth-order valence-corrected chi connectivity index (χ4v) is 5.21. The smallest absolute Gasteiger partial charge is 0.417 e. The topological polar surface area (TPSA) is 59.0 Å². The molecule has 1 saturated heterocycles. The van der Waals surface area contributed by atoms with Gasteiger partial charge in [0.05, 0.1) is 5.69 Å². The number of aliphatic imine (C=N–C) groups is 1. The Kier molecular flexibility index (Phi) is 7.25. The number of rotatable bonds is 6. The molecule has 1 aliphatic carbocycles. The van der Waals surface area contributed by atoms with E-state index in [0.29, 0.717) is 0 Å². The average molecular weight is 463 g/mol. The summed E-state index contributed by atoms with van der Waals surface area (Å²) in [7, 11) is 0. The molecule has 1 aliphatic heterocycles. The average Bonchev–Trinajstić information content (AvgIpc) is 3.25. The quantitative estimate of drug-likeness (QED) is 0.448. The maximum absolute atomic E-state index is 13.9. The number of ether oxygens (including phenoxy) is 1. The van der Waals surface area contributed by atoms with Gasteiger partial charge in [-0.2, -0.15) is 0 Å². The number of allylic oxidation sites excluding steroid dienone is 1. The number of benzene rings is 2. The number of halogens is 1. The van der Waals surface area contributed by atoms with Gasteiger partial charge in [-0.3, -0.25) is 9.79 Å². The molecule has 1 heterocycles. The molecule has 0 N–H and O–H groups in total. The van der Waals surface area contributed by atoms with Crippen molar-refractivity contribution in [1.29, 1.82) is 0 Å². The molecule has 2 aromatic carbocycles. The Hall–Kier alpha value is -3.28. The molecule has 0 unspecified atom stereocenters. The molecule has 2 fully saturated rings. The van der Waals surface area contributed by atoms with Crippen molar-refractivity contribution in [3.05, 3.63) is 72.1 Å². The number of nitrogens with zero attached hydrogens (tertiary/aromatic N) is 2. The van der Waals surface area contributed by atoms with Crippen LogP contribution in [0.15, 0.2) is 60.1 Å². The Labute approximate surface area is 200 Å². The normalized spacial score (nSPS) is 23.7. The first kappa shape index (κ1) is 23.9. The summed E-state index contributed by atoms with van der Waals surface area (Å²) >= 11 is 0. The summed E-state index contributed by atoms with van der Waals surface area (Å²) in [6.45, 7) is 8.21. The number of hydrogen-bond donors (Lipinski definition) is 0. The lowest BCUT2D eigenvalue weighted by molar-refractivity contribution is -0.135. The molecular weight excluding hydrogens is 431 g/mol. The molecule has 0 aromatic heterocycles. The Balaban J connectivity index is 1.42. The first-order valence-electron chi connectivity index (χ1n) is 11.9. The summed E-state index contributed by atoms with van der Waals surface area (Å²) < 4.78 is 19.2. The van der Waals surface area contributed by atoms with E-state index in [1.165, 1.54) is 17.0 Å². The molecule has 2 aromatic rings. The summed E-state index contributed by atoms with van der Waals surface area (Å²) in [5, 5.41) is 0. The van der Waals surface area contributed by atoms with Gasteiger partial charge in [-0.05, 0) is 73.8 Å². The van der Waals surface area contributed by atoms with E-state index in [1.54, 1.807) is 12.3 Å². The van der Waals surface area contributed by atoms with Gasteiger partial charge in [0, 0.05) is 17.7 Å². The summed E-state index contributed by atoms with van der Waals surface area (Å²) in [6.07, 6.45) is 4.54. The third-order valence-corrected chi connectivity index (χ3v) is 7.23. The lowest BCUT2D eigenvalue weighted by Crippen LogP contribution is -2.40. The predicted octanol–water partition coefficient (Wildman–Crippen LogP) is 6.72. The van der Waals surface area contributed by atoms with Crippen LogP contribution < -0.4 is 0 Å². The molecule has 4 rings (SSSR count). The molecule has 0 radical (unpaired) electrons. The number of carbonyl (C=O) groups is 2. The largest absolute Gasteiger partial charge is 0.446 e. The molecular formula is C28H31FN2O3. The summed E-state index contributed by atoms with van der Waals surface area (Å²) in [4.78, 5) is 31.5. The fourth-order valence-electron chi connectivity index (χ4n) is 5.21. The third-order valence-electron chi connectivity index (χ3n) is 7.23. The highest BCUT2D eigenvalue weighted by atomic mass is 19.1. The zero-order valence-corrected chi connectivity index (χ0v) is 19.7. The van der Waals surface area contributed by atoms with Crippen molar-refractivity contribution in [3.63, 3.8) is 0 Å². The van der Waals surface area contributed by atoms with E-state index in [9.17, 15) is 14.0 Å². The number of carbonyl (C=O) groups excluding carboxylic acids is 2. The zero-order chi connectivity index (χ0) is 24.2. The molecule has 178 valence electrons. The molecule has 1 saturated carbocycles. The van der Waals surface area contributed by atoms with E-state index in [-0.39, 0.29) is 42.1 Å². The molecule has 2 atom stereocenters. The van der Waals surface area contributed by atoms with Crippen LogP contribution >= 0.6 is 0 Å². The minimum atomic E-state index is -0.567. The van der Waals surface area contributed by atoms with Crippen LogP contribution in [0.25, 0.3) is 5.57 Å². The Morgan fingerprint density at radius 3 is 2.56 bits per heavy atom. The van der Waals surface area contributed by atoms with Gasteiger partial charge < -0.3 is 4.74 Å². The molecule has 5 nitrogen and oxygen atoms in total. The van der Waals surface area contributed by atoms with Crippen LogP contribution in [0.2, 0.25) is 0 Å². The van der Waals surface area contributed by atoms with Gasteiger partial charge in [0.1, 0.15) is 18.5 Å². The van der Waals surface area contributed by atoms with Gasteiger partial charge in [0.25, 0.3) is 0 Å². The molecule has 6 heteroatoms. The van der Waals surface area contributed by atoms with Crippen molar-refractivity contribution in [2.45, 2.75) is 45.6 Å². The SMILES string of the molecule is C=C(c1cc(F)ccc1/N=C\C)[C@H]1CC[C@@H]([C@@H](C)C(=O)N2C(=O)OC[C@H]2c2ccccc2)CC1. The maximum Gasteiger partial charge on any atom is 0.417 e. The Morgan fingerprint density at radius 2 is 1.88 bits per heavy atom. The van der Waals surface area contributed by atoms with Crippen LogP contribution in [0.1, 0.15) is 56.7 Å². The lowest BCUT2D eigenvalue weighted by atomic mass is 9.72. The highest BCUT2D eigenvalue weighted by Gasteiger charge is 2.42. The van der Waals surface area contributed by atoms with Crippen LogP contribution in [0.4, 0.5) is 14.9 Å². The Morgan fingerprint density at radius 1 is 1.18 bits per heavy atom. The van der Waals surface area contributed by atoms with Gasteiger partial charge in [-0.15, -0.1) is 0 Å². The van der Waals surface area contributed by atoms with E-state index in [4.69, 9.17) is 4.74 Å². The number of hydrogen-bond acceptors (Lipinski definition) is 4. The van der Waals surface area contributed by atoms with Crippen molar-refractivity contribution >= 4 is 29.5 Å². The fraction of sp³-hybridized carbons (Fsp3) is 0.393. The first-order chi connectivity index (χ1) is 16.4. The lowest BCUT2D eigenvalue weighted by Gasteiger charge is -2.34. The van der Waals surface area contributed by atoms with E-state index < -0.39 is 6.09 Å². The van der Waals surface area contributed by atoms with Crippen LogP contribution in [-0.2, 0) is 9.53 Å². The number of cyclic esters (lactones) is 1. The van der Waals surface area contributed by atoms with Crippen LogP contribution in [0.5, 0.6) is 0 Å². The van der Waals surface area contributed by atoms with Gasteiger partial charge in [0.15, 0.2) is 0 Å². The first-order valence-corrected chi connectivity index (χ1v) is 11.9. The summed E-state index contributed by atoms with van der Waals surface area (Å²) in [5.74, 6) is -0.393. The van der Waals surface area contributed by atoms with Crippen molar-refractivity contribution in [2.75, 3.05) is 6.61 Å². The van der Waals surface area contributed by atoms with Gasteiger partial charge in [-0.1, -0.05) is 43.8 Å². The van der Waals surface area contributed by atoms with Crippen LogP contribution in [-0.4, -0.2) is 29.7 Å². The maximum atomic E-state index is 13.9. The highest BCUT2D eigenvalue weighted by molar-refractivity contribution is 5.95. The second kappa shape index (κ2) is 10.3. The third kappa shape index (κ3) is 4.81. The minimum Gasteiger partial charge on any atom is -0.446 e. The van der Waals surface area contributed by atoms with Gasteiger partial charge in [0.2, 0.25) is 5.91 Å². The zero-order valence-electron chi connectivity index (χ0n) is 19.7. The second-order valence-electron chi connectivity index (χ2n) is 9.19.